The van der Waals surface area contributed by atoms with Crippen LogP contribution in [0.4, 0.5) is 5.69 Å². The van der Waals surface area contributed by atoms with Crippen LogP contribution >= 0.6 is 11.6 Å². The Hall–Kier alpha value is -3.51. The number of amides is 2. The number of nitrogens with one attached hydrogen (secondary N) is 2. The molecule has 0 fully saturated rings. The van der Waals surface area contributed by atoms with Crippen molar-refractivity contribution in [1.29, 1.82) is 0 Å². The first-order valence-corrected chi connectivity index (χ1v) is 8.95. The van der Waals surface area contributed by atoms with Crippen LogP contribution in [0.1, 0.15) is 32.4 Å². The lowest BCUT2D eigenvalue weighted by molar-refractivity contribution is 0.0491. The fourth-order valence-corrected chi connectivity index (χ4v) is 3.22. The lowest BCUT2D eigenvalue weighted by atomic mass is 10.0. The van der Waals surface area contributed by atoms with E-state index in [1.54, 1.807) is 18.2 Å². The monoisotopic (exact) mass is 393 g/mol. The maximum Gasteiger partial charge on any atom is 0.276 e. The number of phenols is 1. The molecule has 1 atom stereocenters. The molecule has 0 saturated carbocycles. The Morgan fingerprint density at radius 1 is 1.04 bits per heavy atom. The Morgan fingerprint density at radius 2 is 1.75 bits per heavy atom. The zero-order chi connectivity index (χ0) is 19.7. The third-order valence-electron chi connectivity index (χ3n) is 4.45. The second-order valence-corrected chi connectivity index (χ2v) is 6.75. The van der Waals surface area contributed by atoms with Gasteiger partial charge in [0.1, 0.15) is 11.9 Å². The number of nitrogens with zero attached hydrogens (tertiary/aromatic N) is 1. The quantitative estimate of drug-likeness (QED) is 0.629. The van der Waals surface area contributed by atoms with Crippen LogP contribution in [0.15, 0.2) is 72.8 Å². The average molecular weight is 394 g/mol. The molecule has 0 saturated heterocycles. The molecule has 0 radical (unpaired) electrons. The number of fused-ring (bicyclic) bond motifs is 1. The van der Waals surface area contributed by atoms with Crippen LogP contribution in [-0.4, -0.2) is 21.9 Å². The summed E-state index contributed by atoms with van der Waals surface area (Å²) in [4.78, 5) is 25.8. The van der Waals surface area contributed by atoms with E-state index >= 15 is 0 Å². The molecule has 1 aliphatic heterocycles. The zero-order valence-corrected chi connectivity index (χ0v) is 15.4. The second kappa shape index (κ2) is 7.25. The third-order valence-corrected chi connectivity index (χ3v) is 4.68. The number of hydrogen-bond acceptors (Lipinski definition) is 4. The predicted octanol–water partition coefficient (Wildman–Crippen LogP) is 3.96. The number of hydrazine groups is 1. The van der Waals surface area contributed by atoms with Crippen LogP contribution < -0.4 is 10.7 Å². The summed E-state index contributed by atoms with van der Waals surface area (Å²) >= 11 is 6.05. The number of anilines is 1. The number of carbonyl (C=O) groups excluding carboxylic acids is 2. The lowest BCUT2D eigenvalue weighted by Gasteiger charge is -2.37. The minimum atomic E-state index is -0.594. The summed E-state index contributed by atoms with van der Waals surface area (Å²) in [5, 5.41) is 14.4. The van der Waals surface area contributed by atoms with Gasteiger partial charge in [-0.3, -0.25) is 15.0 Å². The molecule has 140 valence electrons. The van der Waals surface area contributed by atoms with E-state index in [1.807, 2.05) is 30.3 Å². The molecule has 1 unspecified atom stereocenters. The van der Waals surface area contributed by atoms with Crippen LogP contribution in [-0.2, 0) is 0 Å². The number of hydrogen-bond donors (Lipinski definition) is 3. The number of rotatable bonds is 3. The standard InChI is InChI=1S/C21H16ClN3O3/c22-15-8-11-18-17(12-15)21(28)25(19(23-18)13-4-2-1-3-5-13)24-20(27)14-6-9-16(26)10-7-14/h1-12,19,23,26H,(H,24,27). The summed E-state index contributed by atoms with van der Waals surface area (Å²) < 4.78 is 0. The van der Waals surface area contributed by atoms with Gasteiger partial charge < -0.3 is 10.4 Å². The van der Waals surface area contributed by atoms with Crippen molar-refractivity contribution in [2.75, 3.05) is 5.32 Å². The van der Waals surface area contributed by atoms with Crippen molar-refractivity contribution >= 4 is 29.1 Å². The van der Waals surface area contributed by atoms with Gasteiger partial charge in [0.05, 0.1) is 5.56 Å². The SMILES string of the molecule is O=C(NN1C(=O)c2cc(Cl)ccc2NC1c1ccccc1)c1ccc(O)cc1. The summed E-state index contributed by atoms with van der Waals surface area (Å²) in [5.74, 6) is -0.795. The van der Waals surface area contributed by atoms with Gasteiger partial charge in [0.2, 0.25) is 0 Å². The zero-order valence-electron chi connectivity index (χ0n) is 14.6. The number of aromatic hydroxyl groups is 1. The molecule has 1 heterocycles. The molecule has 3 aromatic carbocycles. The van der Waals surface area contributed by atoms with E-state index in [0.29, 0.717) is 21.8 Å². The fourth-order valence-electron chi connectivity index (χ4n) is 3.05. The van der Waals surface area contributed by atoms with E-state index in [0.717, 1.165) is 5.56 Å². The molecular formula is C21H16ClN3O3. The highest BCUT2D eigenvalue weighted by molar-refractivity contribution is 6.31. The smallest absolute Gasteiger partial charge is 0.276 e. The number of carbonyl (C=O) groups is 2. The normalized spacial score (nSPS) is 15.5. The molecule has 28 heavy (non-hydrogen) atoms. The van der Waals surface area contributed by atoms with Crippen molar-refractivity contribution < 1.29 is 14.7 Å². The molecule has 3 aromatic rings. The van der Waals surface area contributed by atoms with Crippen molar-refractivity contribution in [3.63, 3.8) is 0 Å². The Bertz CT molecular complexity index is 1040. The molecular weight excluding hydrogens is 378 g/mol. The van der Waals surface area contributed by atoms with Gasteiger partial charge in [-0.05, 0) is 48.0 Å². The van der Waals surface area contributed by atoms with E-state index in [4.69, 9.17) is 11.6 Å². The molecule has 2 amide bonds. The number of phenolic OH excluding ortho intramolecular Hbond substituents is 1. The van der Waals surface area contributed by atoms with Crippen LogP contribution in [0.25, 0.3) is 0 Å². The van der Waals surface area contributed by atoms with Crippen molar-refractivity contribution in [1.82, 2.24) is 10.4 Å². The minimum absolute atomic E-state index is 0.0537. The van der Waals surface area contributed by atoms with Crippen LogP contribution in [0.3, 0.4) is 0 Å². The van der Waals surface area contributed by atoms with Gasteiger partial charge in [0.25, 0.3) is 11.8 Å². The number of benzene rings is 3. The van der Waals surface area contributed by atoms with Gasteiger partial charge in [0, 0.05) is 16.3 Å². The first kappa shape index (κ1) is 17.9. The summed E-state index contributed by atoms with van der Waals surface area (Å²) in [6.45, 7) is 0. The molecule has 0 aromatic heterocycles. The van der Waals surface area contributed by atoms with Crippen molar-refractivity contribution in [3.8, 4) is 5.75 Å². The minimum Gasteiger partial charge on any atom is -0.508 e. The van der Waals surface area contributed by atoms with E-state index in [-0.39, 0.29) is 11.7 Å². The van der Waals surface area contributed by atoms with Gasteiger partial charge >= 0.3 is 0 Å². The summed E-state index contributed by atoms with van der Waals surface area (Å²) in [5.41, 5.74) is 4.80. The maximum absolute atomic E-state index is 13.1. The van der Waals surface area contributed by atoms with Crippen molar-refractivity contribution in [2.45, 2.75) is 6.17 Å². The Kier molecular flexibility index (Phi) is 4.63. The van der Waals surface area contributed by atoms with Crippen LogP contribution in [0.2, 0.25) is 5.02 Å². The Morgan fingerprint density at radius 3 is 2.46 bits per heavy atom. The molecule has 4 rings (SSSR count). The number of halogens is 1. The molecule has 0 aliphatic carbocycles. The molecule has 1 aliphatic rings. The second-order valence-electron chi connectivity index (χ2n) is 6.31. The van der Waals surface area contributed by atoms with Gasteiger partial charge in [-0.15, -0.1) is 0 Å². The Balaban J connectivity index is 1.71. The first-order chi connectivity index (χ1) is 13.5. The summed E-state index contributed by atoms with van der Waals surface area (Å²) in [7, 11) is 0. The molecule has 7 heteroatoms. The Labute approximate surface area is 166 Å². The highest BCUT2D eigenvalue weighted by atomic mass is 35.5. The van der Waals surface area contributed by atoms with E-state index < -0.39 is 12.1 Å². The highest BCUT2D eigenvalue weighted by Crippen LogP contribution is 2.33. The largest absolute Gasteiger partial charge is 0.508 e. The van der Waals surface area contributed by atoms with Gasteiger partial charge in [-0.25, -0.2) is 5.01 Å². The van der Waals surface area contributed by atoms with E-state index in [9.17, 15) is 14.7 Å². The maximum atomic E-state index is 13.1. The fraction of sp³-hybridized carbons (Fsp3) is 0.0476. The molecule has 3 N–H and O–H groups in total. The van der Waals surface area contributed by atoms with Crippen LogP contribution in [0, 0.1) is 0 Å². The molecule has 0 spiro atoms. The highest BCUT2D eigenvalue weighted by Gasteiger charge is 2.34. The van der Waals surface area contributed by atoms with Crippen molar-refractivity contribution in [3.05, 3.63) is 94.5 Å². The first-order valence-electron chi connectivity index (χ1n) is 8.57. The van der Waals surface area contributed by atoms with Crippen LogP contribution in [0.5, 0.6) is 5.75 Å². The lowest BCUT2D eigenvalue weighted by Crippen LogP contribution is -2.52. The molecule has 6 nitrogen and oxygen atoms in total. The third kappa shape index (κ3) is 3.37. The predicted molar refractivity (Wildman–Crippen MR) is 106 cm³/mol. The van der Waals surface area contributed by atoms with E-state index in [1.165, 1.54) is 29.3 Å². The average Bonchev–Trinajstić information content (AvgIpc) is 2.71. The summed E-state index contributed by atoms with van der Waals surface area (Å²) in [6, 6.07) is 20.1. The molecule has 0 bridgehead atoms. The van der Waals surface area contributed by atoms with Gasteiger partial charge in [-0.1, -0.05) is 41.9 Å². The van der Waals surface area contributed by atoms with Gasteiger partial charge in [0.15, 0.2) is 0 Å². The van der Waals surface area contributed by atoms with E-state index in [2.05, 4.69) is 10.7 Å². The van der Waals surface area contributed by atoms with Gasteiger partial charge in [-0.2, -0.15) is 0 Å². The topological polar surface area (TPSA) is 81.7 Å². The van der Waals surface area contributed by atoms with Crippen molar-refractivity contribution in [2.24, 2.45) is 0 Å². The summed E-state index contributed by atoms with van der Waals surface area (Å²) in [6.07, 6.45) is -0.594.